The van der Waals surface area contributed by atoms with Crippen molar-refractivity contribution in [2.24, 2.45) is 7.05 Å². The first kappa shape index (κ1) is 12.9. The number of benzene rings is 1. The van der Waals surface area contributed by atoms with Gasteiger partial charge in [0.25, 0.3) is 0 Å². The van der Waals surface area contributed by atoms with Crippen LogP contribution in [0.3, 0.4) is 0 Å². The molecule has 0 aliphatic rings. The Morgan fingerprint density at radius 2 is 2.28 bits per heavy atom. The van der Waals surface area contributed by atoms with Crippen molar-refractivity contribution < 1.29 is 5.11 Å². The van der Waals surface area contributed by atoms with Crippen LogP contribution < -0.4 is 5.32 Å². The number of hydrogen-bond donors (Lipinski definition) is 2. The van der Waals surface area contributed by atoms with Crippen LogP contribution >= 0.6 is 11.6 Å². The van der Waals surface area contributed by atoms with Crippen LogP contribution in [0, 0.1) is 0 Å². The van der Waals surface area contributed by atoms with E-state index < -0.39 is 0 Å². The lowest BCUT2D eigenvalue weighted by molar-refractivity contribution is 0.464. The molecule has 4 nitrogen and oxygen atoms in total. The zero-order valence-electron chi connectivity index (χ0n) is 10.2. The molecule has 0 aliphatic carbocycles. The van der Waals surface area contributed by atoms with Gasteiger partial charge in [0.2, 0.25) is 0 Å². The Kier molecular flexibility index (Phi) is 4.23. The van der Waals surface area contributed by atoms with E-state index in [1.165, 1.54) is 5.56 Å². The number of aromatic hydroxyl groups is 1. The molecule has 0 amide bonds. The van der Waals surface area contributed by atoms with Crippen molar-refractivity contribution in [2.45, 2.75) is 13.0 Å². The largest absolute Gasteiger partial charge is 0.508 e. The minimum atomic E-state index is 0.233. The van der Waals surface area contributed by atoms with E-state index in [4.69, 9.17) is 11.6 Å². The smallest absolute Gasteiger partial charge is 0.121 e. The fraction of sp³-hybridized carbons (Fsp3) is 0.308. The summed E-state index contributed by atoms with van der Waals surface area (Å²) in [5, 5.41) is 17.6. The van der Waals surface area contributed by atoms with E-state index in [1.54, 1.807) is 22.9 Å². The highest BCUT2D eigenvalue weighted by Crippen LogP contribution is 2.24. The lowest BCUT2D eigenvalue weighted by Crippen LogP contribution is -2.16. The standard InChI is InChI=1S/C13H16ClN3O/c1-17-9-10(7-16-17)5-6-15-8-11-12(14)3-2-4-13(11)18/h2-4,7,9,15,18H,5-6,8H2,1H3. The van der Waals surface area contributed by atoms with E-state index in [2.05, 4.69) is 10.4 Å². The van der Waals surface area contributed by atoms with Crippen molar-refractivity contribution in [3.05, 3.63) is 46.7 Å². The molecular formula is C13H16ClN3O. The first-order valence-electron chi connectivity index (χ1n) is 5.81. The second-order valence-corrected chi connectivity index (χ2v) is 4.59. The van der Waals surface area contributed by atoms with E-state index in [0.29, 0.717) is 11.6 Å². The molecule has 96 valence electrons. The molecule has 1 aromatic carbocycles. The summed E-state index contributed by atoms with van der Waals surface area (Å²) in [5.41, 5.74) is 1.93. The topological polar surface area (TPSA) is 50.1 Å². The van der Waals surface area contributed by atoms with Crippen LogP contribution in [0.1, 0.15) is 11.1 Å². The van der Waals surface area contributed by atoms with Crippen LogP contribution in [0.15, 0.2) is 30.6 Å². The number of halogens is 1. The molecule has 0 spiro atoms. The molecule has 0 unspecified atom stereocenters. The third kappa shape index (κ3) is 3.24. The minimum Gasteiger partial charge on any atom is -0.508 e. The fourth-order valence-electron chi connectivity index (χ4n) is 1.77. The molecule has 0 saturated carbocycles. The average molecular weight is 266 g/mol. The number of aromatic nitrogens is 2. The molecule has 0 saturated heterocycles. The quantitative estimate of drug-likeness (QED) is 0.814. The number of phenols is 1. The SMILES string of the molecule is Cn1cc(CCNCc2c(O)cccc2Cl)cn1. The third-order valence-corrected chi connectivity index (χ3v) is 3.10. The number of hydrogen-bond acceptors (Lipinski definition) is 3. The van der Waals surface area contributed by atoms with Gasteiger partial charge in [-0.1, -0.05) is 17.7 Å². The Bertz CT molecular complexity index is 504. The molecule has 0 fully saturated rings. The van der Waals surface area contributed by atoms with E-state index in [-0.39, 0.29) is 5.75 Å². The highest BCUT2D eigenvalue weighted by molar-refractivity contribution is 6.31. The number of nitrogens with zero attached hydrogens (tertiary/aromatic N) is 2. The van der Waals surface area contributed by atoms with Gasteiger partial charge in [-0.15, -0.1) is 0 Å². The number of aryl methyl sites for hydroxylation is 1. The maximum atomic E-state index is 9.67. The summed E-state index contributed by atoms with van der Waals surface area (Å²) in [6.07, 6.45) is 4.75. The molecule has 2 rings (SSSR count). The molecule has 2 aromatic rings. The van der Waals surface area contributed by atoms with Gasteiger partial charge in [-0.25, -0.2) is 0 Å². The summed E-state index contributed by atoms with van der Waals surface area (Å²) in [7, 11) is 1.90. The van der Waals surface area contributed by atoms with Gasteiger partial charge in [-0.05, 0) is 30.7 Å². The molecule has 5 heteroatoms. The van der Waals surface area contributed by atoms with Gasteiger partial charge < -0.3 is 10.4 Å². The summed E-state index contributed by atoms with van der Waals surface area (Å²) in [5.74, 6) is 0.233. The fourth-order valence-corrected chi connectivity index (χ4v) is 2.01. The summed E-state index contributed by atoms with van der Waals surface area (Å²) in [6, 6.07) is 5.15. The van der Waals surface area contributed by atoms with Crippen LogP contribution in [0.4, 0.5) is 0 Å². The summed E-state index contributed by atoms with van der Waals surface area (Å²) >= 11 is 6.02. The Morgan fingerprint density at radius 1 is 1.44 bits per heavy atom. The maximum absolute atomic E-state index is 9.67. The van der Waals surface area contributed by atoms with Gasteiger partial charge in [-0.2, -0.15) is 5.10 Å². The highest BCUT2D eigenvalue weighted by atomic mass is 35.5. The maximum Gasteiger partial charge on any atom is 0.121 e. The van der Waals surface area contributed by atoms with Crippen LogP contribution in [0.25, 0.3) is 0 Å². The molecular weight excluding hydrogens is 250 g/mol. The summed E-state index contributed by atoms with van der Waals surface area (Å²) < 4.78 is 1.79. The normalized spacial score (nSPS) is 10.8. The van der Waals surface area contributed by atoms with E-state index in [0.717, 1.165) is 18.5 Å². The average Bonchev–Trinajstić information content (AvgIpc) is 2.73. The Morgan fingerprint density at radius 3 is 2.94 bits per heavy atom. The first-order valence-corrected chi connectivity index (χ1v) is 6.19. The molecule has 0 bridgehead atoms. The van der Waals surface area contributed by atoms with Crippen molar-refractivity contribution in [1.82, 2.24) is 15.1 Å². The van der Waals surface area contributed by atoms with Crippen LogP contribution in [0.2, 0.25) is 5.02 Å². The van der Waals surface area contributed by atoms with Crippen LogP contribution in [-0.2, 0) is 20.0 Å². The molecule has 2 N–H and O–H groups in total. The predicted molar refractivity (Wildman–Crippen MR) is 71.7 cm³/mol. The lowest BCUT2D eigenvalue weighted by Gasteiger charge is -2.08. The molecule has 0 radical (unpaired) electrons. The second kappa shape index (κ2) is 5.89. The zero-order chi connectivity index (χ0) is 13.0. The van der Waals surface area contributed by atoms with Crippen LogP contribution in [-0.4, -0.2) is 21.4 Å². The van der Waals surface area contributed by atoms with Gasteiger partial charge >= 0.3 is 0 Å². The lowest BCUT2D eigenvalue weighted by atomic mass is 10.2. The number of rotatable bonds is 5. The second-order valence-electron chi connectivity index (χ2n) is 4.19. The molecule has 0 atom stereocenters. The van der Waals surface area contributed by atoms with Gasteiger partial charge in [0.15, 0.2) is 0 Å². The monoisotopic (exact) mass is 265 g/mol. The van der Waals surface area contributed by atoms with Crippen molar-refractivity contribution in [3.63, 3.8) is 0 Å². The van der Waals surface area contributed by atoms with Gasteiger partial charge in [0.05, 0.1) is 6.20 Å². The molecule has 1 heterocycles. The number of nitrogens with one attached hydrogen (secondary N) is 1. The number of phenolic OH excluding ortho intramolecular Hbond substituents is 1. The van der Waals surface area contributed by atoms with Crippen LogP contribution in [0.5, 0.6) is 5.75 Å². The minimum absolute atomic E-state index is 0.233. The van der Waals surface area contributed by atoms with Gasteiger partial charge in [0, 0.05) is 30.4 Å². The van der Waals surface area contributed by atoms with Crippen molar-refractivity contribution in [3.8, 4) is 5.75 Å². The van der Waals surface area contributed by atoms with Gasteiger partial charge in [0.1, 0.15) is 5.75 Å². The van der Waals surface area contributed by atoms with E-state index in [9.17, 15) is 5.11 Å². The highest BCUT2D eigenvalue weighted by Gasteiger charge is 2.05. The van der Waals surface area contributed by atoms with E-state index in [1.807, 2.05) is 19.4 Å². The molecule has 1 aromatic heterocycles. The Labute approximate surface area is 111 Å². The first-order chi connectivity index (χ1) is 8.66. The van der Waals surface area contributed by atoms with Crippen molar-refractivity contribution in [1.29, 1.82) is 0 Å². The third-order valence-electron chi connectivity index (χ3n) is 2.74. The van der Waals surface area contributed by atoms with Crippen molar-refractivity contribution in [2.75, 3.05) is 6.54 Å². The zero-order valence-corrected chi connectivity index (χ0v) is 11.0. The van der Waals surface area contributed by atoms with Crippen molar-refractivity contribution >= 4 is 11.6 Å². The Hall–Kier alpha value is -1.52. The predicted octanol–water partition coefficient (Wildman–Crippen LogP) is 2.11. The van der Waals surface area contributed by atoms with Gasteiger partial charge in [-0.3, -0.25) is 4.68 Å². The Balaban J connectivity index is 1.82. The summed E-state index contributed by atoms with van der Waals surface area (Å²) in [6.45, 7) is 1.38. The summed E-state index contributed by atoms with van der Waals surface area (Å²) in [4.78, 5) is 0. The molecule has 18 heavy (non-hydrogen) atoms. The molecule has 0 aliphatic heterocycles. The van der Waals surface area contributed by atoms with E-state index >= 15 is 0 Å².